The Morgan fingerprint density at radius 2 is 1.28 bits per heavy atom. The minimum absolute atomic E-state index is 0. The van der Waals surface area contributed by atoms with Crippen LogP contribution in [0.3, 0.4) is 0 Å². The SMILES string of the molecule is C=CC1CCC/C(=C\Nc2ccccc2)C1Cl.CC1(C)C(/C=C/C2=C(Cl)C(=C/C=C3\N(CCCS(=O)(=O)O)c4ccc(S(=O)(=O)O)cc4C3(C)C)/CCC2)=[N+](CCCS(=O)(=O)O)c2ccc(S(=O)(=O)[O-])cc21.CC1=[N+](CCCS(=O)(=O)O)c2cc[c-]cc2C1(C)C.O=S(=O)=O.[Na+]. The summed E-state index contributed by atoms with van der Waals surface area (Å²) in [5, 5.41) is 3.88. The number of hydrogen-bond acceptors (Lipinski definition) is 16. The molecule has 0 amide bonds. The zero-order valence-electron chi connectivity index (χ0n) is 54.6. The molecule has 0 bridgehead atoms. The summed E-state index contributed by atoms with van der Waals surface area (Å²) in [6.07, 6.45) is 17.3. The number of benzene rings is 4. The van der Waals surface area contributed by atoms with E-state index in [0.717, 1.165) is 41.8 Å². The number of alkyl halides is 1. The molecule has 22 nitrogen and oxygen atoms in total. The maximum Gasteiger partial charge on any atom is 1.00 e. The fourth-order valence-corrected chi connectivity index (χ4v) is 15.5. The number of fused-ring (bicyclic) bond motifs is 3. The molecular weight excluding hydrogens is 1410 g/mol. The Bertz CT molecular complexity index is 4530. The van der Waals surface area contributed by atoms with Gasteiger partial charge in [-0.2, -0.15) is 56.4 Å². The quantitative estimate of drug-likeness (QED) is 0.0138. The topological polar surface area (TPSA) is 347 Å². The van der Waals surface area contributed by atoms with E-state index in [1.807, 2.05) is 116 Å². The molecule has 2 atom stereocenters. The van der Waals surface area contributed by atoms with Crippen LogP contribution in [0.5, 0.6) is 0 Å². The van der Waals surface area contributed by atoms with E-state index in [4.69, 9.17) is 40.4 Å². The van der Waals surface area contributed by atoms with Gasteiger partial charge in [-0.25, -0.2) is 13.0 Å². The summed E-state index contributed by atoms with van der Waals surface area (Å²) >= 11 is 13.5. The molecule has 5 N–H and O–H groups in total. The first kappa shape index (κ1) is 81.7. The van der Waals surface area contributed by atoms with Crippen LogP contribution >= 0.6 is 23.2 Å². The molecule has 0 saturated heterocycles. The Hall–Kier alpha value is -4.99. The van der Waals surface area contributed by atoms with Crippen LogP contribution in [-0.4, -0.2) is 140 Å². The van der Waals surface area contributed by atoms with Crippen molar-refractivity contribution >= 4 is 119 Å². The van der Waals surface area contributed by atoms with Gasteiger partial charge in [0.2, 0.25) is 5.69 Å². The molecular formula is C65H80Cl2N4NaO18S6+. The van der Waals surface area contributed by atoms with E-state index >= 15 is 0 Å². The van der Waals surface area contributed by atoms with Gasteiger partial charge in [-0.05, 0) is 136 Å². The summed E-state index contributed by atoms with van der Waals surface area (Å²) in [4.78, 5) is 1.17. The van der Waals surface area contributed by atoms with Crippen molar-refractivity contribution in [2.24, 2.45) is 5.92 Å². The van der Waals surface area contributed by atoms with Gasteiger partial charge in [-0.15, -0.1) is 36.9 Å². The summed E-state index contributed by atoms with van der Waals surface area (Å²) in [6.45, 7) is 18.6. The number of allylic oxidation sites excluding steroid dienone is 10. The van der Waals surface area contributed by atoms with E-state index in [0.29, 0.717) is 70.7 Å². The van der Waals surface area contributed by atoms with E-state index in [1.54, 1.807) is 6.07 Å². The predicted octanol–water partition coefficient (Wildman–Crippen LogP) is 8.35. The molecule has 3 heterocycles. The molecule has 5 aliphatic rings. The van der Waals surface area contributed by atoms with Gasteiger partial charge in [-0.3, -0.25) is 18.2 Å². The van der Waals surface area contributed by atoms with Crippen molar-refractivity contribution in [3.8, 4) is 0 Å². The van der Waals surface area contributed by atoms with Crippen molar-refractivity contribution in [3.05, 3.63) is 178 Å². The molecule has 0 spiro atoms. The molecule has 4 aromatic rings. The van der Waals surface area contributed by atoms with Crippen LogP contribution in [0.15, 0.2) is 165 Å². The van der Waals surface area contributed by atoms with Crippen molar-refractivity contribution < 1.29 is 116 Å². The van der Waals surface area contributed by atoms with Crippen molar-refractivity contribution in [3.63, 3.8) is 0 Å². The molecule has 2 unspecified atom stereocenters. The fraction of sp³-hybridized carbons (Fsp3) is 0.415. The minimum atomic E-state index is -4.76. The molecule has 0 aromatic heterocycles. The van der Waals surface area contributed by atoms with Gasteiger partial charge in [0.05, 0.1) is 37.8 Å². The fourth-order valence-electron chi connectivity index (χ4n) is 12.2. The summed E-state index contributed by atoms with van der Waals surface area (Å²) in [5.41, 5.74) is 9.51. The summed E-state index contributed by atoms with van der Waals surface area (Å²) in [5.74, 6) is -0.773. The Labute approximate surface area is 598 Å². The molecule has 1 fully saturated rings. The van der Waals surface area contributed by atoms with Gasteiger partial charge < -0.3 is 14.8 Å². The van der Waals surface area contributed by atoms with Crippen LogP contribution in [0.4, 0.5) is 22.7 Å². The Morgan fingerprint density at radius 1 is 0.708 bits per heavy atom. The largest absolute Gasteiger partial charge is 1.00 e. The van der Waals surface area contributed by atoms with Gasteiger partial charge in [-0.1, -0.05) is 81.3 Å². The third-order valence-electron chi connectivity index (χ3n) is 17.4. The minimum Gasteiger partial charge on any atom is -0.744 e. The van der Waals surface area contributed by atoms with Gasteiger partial charge in [0.25, 0.3) is 40.5 Å². The molecule has 9 rings (SSSR count). The molecule has 518 valence electrons. The zero-order chi connectivity index (χ0) is 70.9. The Kier molecular flexibility index (Phi) is 28.5. The van der Waals surface area contributed by atoms with Crippen LogP contribution in [-0.2, 0) is 77.4 Å². The number of rotatable bonds is 20. The van der Waals surface area contributed by atoms with Gasteiger partial charge in [0.15, 0.2) is 11.4 Å². The first-order chi connectivity index (χ1) is 44.0. The first-order valence-electron chi connectivity index (χ1n) is 30.1. The number of anilines is 2. The maximum atomic E-state index is 12.0. The first-order valence-corrected chi connectivity index (χ1v) is 39.6. The standard InChI is InChI=1S/C36H43ClN2O12S4.C15H18ClN.C14H19NO3S.Na.O3S/c1-35(2)28-22-26(54(46,47)48)12-14-30(28)38(18-6-20-52(40,41)42)32(35)16-10-24-8-5-9-25(34(24)37)11-17-33-36(3,4)29-23-27(55(49,50)51)13-15-31(29)39(33)19-7-21-53(43,44)45;1-2-12-7-6-8-13(15(12)16)11-17-14-9-4-3-5-10-14;1-11-14(2,3)12-7-4-5-8-13(12)15(11)9-6-10-19(16,17)18;;1-4(2)3/h10-17,22-23H,5-9,18-21H2,1-4H3,(H3-,40,41,42,43,44,45,46,47,48,49,50,51);2-5,9-12,15,17H,1,6-8H2;5,7-8H,6,9-10H2,1-3H3,(H,16,17,18);;/q;;;+1;/b;13-11+;;;. The number of para-hydroxylation sites is 1. The van der Waals surface area contributed by atoms with Gasteiger partial charge >= 0.3 is 40.2 Å². The van der Waals surface area contributed by atoms with E-state index in [2.05, 4.69) is 49.5 Å². The van der Waals surface area contributed by atoms with Crippen molar-refractivity contribution in [2.75, 3.05) is 47.1 Å². The average Bonchev–Trinajstić information content (AvgIpc) is 1.60. The van der Waals surface area contributed by atoms with Crippen LogP contribution in [0.1, 0.15) is 123 Å². The molecule has 2 aliphatic carbocycles. The number of halogens is 2. The monoisotopic (exact) mass is 1490 g/mol. The van der Waals surface area contributed by atoms with Gasteiger partial charge in [0, 0.05) is 83.2 Å². The number of hydrogen-bond donors (Lipinski definition) is 5. The summed E-state index contributed by atoms with van der Waals surface area (Å²) in [6, 6.07) is 27.3. The normalized spacial score (nSPS) is 20.1. The maximum absolute atomic E-state index is 12.0. The van der Waals surface area contributed by atoms with Crippen molar-refractivity contribution in [1.29, 1.82) is 0 Å². The molecule has 0 radical (unpaired) electrons. The van der Waals surface area contributed by atoms with Crippen LogP contribution in [0.2, 0.25) is 0 Å². The van der Waals surface area contributed by atoms with E-state index in [-0.39, 0.29) is 76.9 Å². The molecule has 31 heteroatoms. The predicted molar refractivity (Wildman–Crippen MR) is 368 cm³/mol. The Morgan fingerprint density at radius 3 is 1.86 bits per heavy atom. The zero-order valence-corrected chi connectivity index (χ0v) is 63.0. The summed E-state index contributed by atoms with van der Waals surface area (Å²) in [7, 11) is -24.8. The second-order valence-electron chi connectivity index (χ2n) is 24.8. The average molecular weight is 1490 g/mol. The second kappa shape index (κ2) is 33.5. The van der Waals surface area contributed by atoms with Crippen molar-refractivity contribution in [2.45, 2.75) is 138 Å². The van der Waals surface area contributed by atoms with E-state index in [1.165, 1.54) is 53.6 Å². The molecule has 4 aromatic carbocycles. The second-order valence-corrected chi connectivity index (χ2v) is 33.6. The number of nitrogens with zero attached hydrogens (tertiary/aromatic N) is 3. The van der Waals surface area contributed by atoms with E-state index in [9.17, 15) is 60.3 Å². The van der Waals surface area contributed by atoms with E-state index < -0.39 is 88.4 Å². The Balaban J connectivity index is 0.000000327. The smallest absolute Gasteiger partial charge is 0.744 e. The third-order valence-corrected chi connectivity index (χ3v) is 22.5. The third kappa shape index (κ3) is 21.8. The number of nitrogens with one attached hydrogen (secondary N) is 1. The molecule has 96 heavy (non-hydrogen) atoms. The van der Waals surface area contributed by atoms with Gasteiger partial charge in [0.1, 0.15) is 28.9 Å². The van der Waals surface area contributed by atoms with Crippen LogP contribution in [0.25, 0.3) is 0 Å². The van der Waals surface area contributed by atoms with Crippen molar-refractivity contribution in [1.82, 2.24) is 0 Å². The molecule has 1 saturated carbocycles. The summed E-state index contributed by atoms with van der Waals surface area (Å²) < 4.78 is 194. The van der Waals surface area contributed by atoms with Crippen LogP contribution in [0, 0.1) is 12.0 Å². The molecule has 3 aliphatic heterocycles. The van der Waals surface area contributed by atoms with Crippen LogP contribution < -0.4 is 39.8 Å².